The van der Waals surface area contributed by atoms with Crippen molar-refractivity contribution in [3.05, 3.63) is 63.4 Å². The van der Waals surface area contributed by atoms with Gasteiger partial charge < -0.3 is 0 Å². The second-order valence-electron chi connectivity index (χ2n) is 5.39. The maximum Gasteiger partial charge on any atom is 0.276 e. The zero-order valence-electron chi connectivity index (χ0n) is 12.3. The van der Waals surface area contributed by atoms with Crippen LogP contribution in [-0.4, -0.2) is 14.1 Å². The van der Waals surface area contributed by atoms with Crippen molar-refractivity contribution < 1.29 is 12.8 Å². The number of benzene rings is 2. The zero-order chi connectivity index (χ0) is 16.6. The lowest BCUT2D eigenvalue weighted by atomic mass is 10.1. The van der Waals surface area contributed by atoms with Crippen LogP contribution in [0.2, 0.25) is 0 Å². The SMILES string of the molecule is Cc1ccc(S(=O)(=O)N/N=C2\CCc3cc(Br)c(F)cc32)cc1. The van der Waals surface area contributed by atoms with E-state index in [9.17, 15) is 12.8 Å². The summed E-state index contributed by atoms with van der Waals surface area (Å²) in [6.45, 7) is 1.88. The van der Waals surface area contributed by atoms with Crippen LogP contribution in [0.4, 0.5) is 4.39 Å². The van der Waals surface area contributed by atoms with Crippen molar-refractivity contribution in [2.45, 2.75) is 24.7 Å². The van der Waals surface area contributed by atoms with E-state index in [2.05, 4.69) is 25.9 Å². The first-order valence-electron chi connectivity index (χ1n) is 7.00. The Balaban J connectivity index is 1.88. The second kappa shape index (κ2) is 6.05. The third-order valence-corrected chi connectivity index (χ3v) is 5.55. The highest BCUT2D eigenvalue weighted by molar-refractivity contribution is 9.10. The van der Waals surface area contributed by atoms with Gasteiger partial charge in [-0.15, -0.1) is 0 Å². The molecule has 1 aliphatic carbocycles. The van der Waals surface area contributed by atoms with Crippen molar-refractivity contribution in [2.24, 2.45) is 5.10 Å². The molecule has 0 bridgehead atoms. The van der Waals surface area contributed by atoms with Gasteiger partial charge in [-0.1, -0.05) is 17.7 Å². The van der Waals surface area contributed by atoms with E-state index in [1.807, 2.05) is 6.92 Å². The lowest BCUT2D eigenvalue weighted by Gasteiger charge is -2.06. The van der Waals surface area contributed by atoms with Gasteiger partial charge in [0.25, 0.3) is 10.0 Å². The fourth-order valence-electron chi connectivity index (χ4n) is 2.45. The monoisotopic (exact) mass is 396 g/mol. The number of sulfonamides is 1. The molecule has 7 heteroatoms. The fraction of sp³-hybridized carbons (Fsp3) is 0.188. The molecule has 1 N–H and O–H groups in total. The Hall–Kier alpha value is -1.73. The molecule has 0 atom stereocenters. The van der Waals surface area contributed by atoms with Gasteiger partial charge in [0.15, 0.2) is 0 Å². The molecule has 2 aromatic rings. The molecule has 120 valence electrons. The molecule has 23 heavy (non-hydrogen) atoms. The van der Waals surface area contributed by atoms with Crippen LogP contribution in [0.3, 0.4) is 0 Å². The first-order chi connectivity index (χ1) is 10.9. The summed E-state index contributed by atoms with van der Waals surface area (Å²) in [5.74, 6) is -0.389. The van der Waals surface area contributed by atoms with Gasteiger partial charge in [0.05, 0.1) is 15.1 Å². The summed E-state index contributed by atoms with van der Waals surface area (Å²) in [5.41, 5.74) is 3.12. The van der Waals surface area contributed by atoms with Crippen LogP contribution in [-0.2, 0) is 16.4 Å². The van der Waals surface area contributed by atoms with Crippen molar-refractivity contribution in [1.29, 1.82) is 0 Å². The quantitative estimate of drug-likeness (QED) is 0.806. The van der Waals surface area contributed by atoms with Gasteiger partial charge in [0, 0.05) is 5.56 Å². The predicted octanol–water partition coefficient (Wildman–Crippen LogP) is 3.53. The molecule has 4 nitrogen and oxygen atoms in total. The molecule has 3 rings (SSSR count). The van der Waals surface area contributed by atoms with Crippen LogP contribution < -0.4 is 4.83 Å². The fourth-order valence-corrected chi connectivity index (χ4v) is 3.67. The Labute approximate surface area is 142 Å². The summed E-state index contributed by atoms with van der Waals surface area (Å²) in [6.07, 6.45) is 1.28. The Morgan fingerprint density at radius 3 is 2.57 bits per heavy atom. The van der Waals surface area contributed by atoms with E-state index < -0.39 is 10.0 Å². The average molecular weight is 397 g/mol. The number of nitrogens with zero attached hydrogens (tertiary/aromatic N) is 1. The van der Waals surface area contributed by atoms with Gasteiger partial charge in [-0.05, 0) is 65.5 Å². The zero-order valence-corrected chi connectivity index (χ0v) is 14.7. The maximum absolute atomic E-state index is 13.7. The number of nitrogens with one attached hydrogen (secondary N) is 1. The highest BCUT2D eigenvalue weighted by Gasteiger charge is 2.21. The molecule has 0 heterocycles. The Kier molecular flexibility index (Phi) is 4.25. The minimum Gasteiger partial charge on any atom is -0.206 e. The highest BCUT2D eigenvalue weighted by Crippen LogP contribution is 2.28. The molecule has 0 fully saturated rings. The molecular formula is C16H14BrFN2O2S. The summed E-state index contributed by atoms with van der Waals surface area (Å²) in [6, 6.07) is 9.58. The lowest BCUT2D eigenvalue weighted by molar-refractivity contribution is 0.584. The lowest BCUT2D eigenvalue weighted by Crippen LogP contribution is -2.20. The van der Waals surface area contributed by atoms with E-state index >= 15 is 0 Å². The van der Waals surface area contributed by atoms with Crippen LogP contribution in [0.25, 0.3) is 0 Å². The summed E-state index contributed by atoms with van der Waals surface area (Å²) in [5, 5.41) is 4.00. The molecule has 0 aromatic heterocycles. The number of aryl methyl sites for hydroxylation is 2. The number of halogens is 2. The van der Waals surface area contributed by atoms with Crippen molar-refractivity contribution >= 4 is 31.7 Å². The topological polar surface area (TPSA) is 58.5 Å². The summed E-state index contributed by atoms with van der Waals surface area (Å²) >= 11 is 3.15. The Morgan fingerprint density at radius 2 is 1.87 bits per heavy atom. The van der Waals surface area contributed by atoms with Crippen molar-refractivity contribution in [3.8, 4) is 0 Å². The van der Waals surface area contributed by atoms with E-state index in [0.717, 1.165) is 11.1 Å². The summed E-state index contributed by atoms with van der Waals surface area (Å²) < 4.78 is 38.6. The second-order valence-corrected chi connectivity index (χ2v) is 7.90. The normalized spacial score (nSPS) is 15.7. The van der Waals surface area contributed by atoms with Crippen LogP contribution in [0, 0.1) is 12.7 Å². The van der Waals surface area contributed by atoms with Crippen LogP contribution >= 0.6 is 15.9 Å². The van der Waals surface area contributed by atoms with Gasteiger partial charge in [-0.2, -0.15) is 18.4 Å². The number of rotatable bonds is 3. The average Bonchev–Trinajstić information content (AvgIpc) is 2.88. The molecule has 1 aliphatic rings. The van der Waals surface area contributed by atoms with Gasteiger partial charge in [0.2, 0.25) is 0 Å². The number of fused-ring (bicyclic) bond motifs is 1. The van der Waals surface area contributed by atoms with Crippen molar-refractivity contribution in [3.63, 3.8) is 0 Å². The Bertz CT molecular complexity index is 893. The Morgan fingerprint density at radius 1 is 1.17 bits per heavy atom. The van der Waals surface area contributed by atoms with Crippen molar-refractivity contribution in [2.75, 3.05) is 0 Å². The van der Waals surface area contributed by atoms with E-state index in [0.29, 0.717) is 28.6 Å². The minimum atomic E-state index is -3.73. The summed E-state index contributed by atoms with van der Waals surface area (Å²) in [4.78, 5) is 2.38. The number of hydrogen-bond donors (Lipinski definition) is 1. The molecule has 0 saturated carbocycles. The molecule has 0 amide bonds. The largest absolute Gasteiger partial charge is 0.276 e. The maximum atomic E-state index is 13.7. The highest BCUT2D eigenvalue weighted by atomic mass is 79.9. The third-order valence-electron chi connectivity index (χ3n) is 3.72. The first-order valence-corrected chi connectivity index (χ1v) is 9.28. The molecule has 0 unspecified atom stereocenters. The van der Waals surface area contributed by atoms with E-state index in [4.69, 9.17) is 0 Å². The standard InChI is InChI=1S/C16H14BrFN2O2S/c1-10-2-5-12(6-3-10)23(21,22)20-19-16-7-4-11-8-14(17)15(18)9-13(11)16/h2-3,5-6,8-9,20H,4,7H2,1H3/b19-16+. The van der Waals surface area contributed by atoms with Gasteiger partial charge in [0.1, 0.15) is 5.82 Å². The van der Waals surface area contributed by atoms with E-state index in [1.165, 1.54) is 18.2 Å². The smallest absolute Gasteiger partial charge is 0.206 e. The molecular weight excluding hydrogens is 383 g/mol. The molecule has 2 aromatic carbocycles. The predicted molar refractivity (Wildman–Crippen MR) is 90.5 cm³/mol. The summed E-state index contributed by atoms with van der Waals surface area (Å²) in [7, 11) is -3.73. The molecule has 0 aliphatic heterocycles. The van der Waals surface area contributed by atoms with Crippen molar-refractivity contribution in [1.82, 2.24) is 4.83 Å². The van der Waals surface area contributed by atoms with Gasteiger partial charge in [-0.25, -0.2) is 4.39 Å². The van der Waals surface area contributed by atoms with E-state index in [-0.39, 0.29) is 10.7 Å². The molecule has 0 saturated heterocycles. The van der Waals surface area contributed by atoms with Gasteiger partial charge in [-0.3, -0.25) is 0 Å². The van der Waals surface area contributed by atoms with Gasteiger partial charge >= 0.3 is 0 Å². The number of hydrogen-bond acceptors (Lipinski definition) is 3. The molecule has 0 spiro atoms. The van der Waals surface area contributed by atoms with Crippen LogP contribution in [0.15, 0.2) is 50.9 Å². The first kappa shape index (κ1) is 16.1. The molecule has 0 radical (unpaired) electrons. The third kappa shape index (κ3) is 3.30. The van der Waals surface area contributed by atoms with E-state index in [1.54, 1.807) is 18.2 Å². The number of hydrazone groups is 1. The van der Waals surface area contributed by atoms with Crippen LogP contribution in [0.1, 0.15) is 23.1 Å². The van der Waals surface area contributed by atoms with Crippen LogP contribution in [0.5, 0.6) is 0 Å². The minimum absolute atomic E-state index is 0.146.